The highest BCUT2D eigenvalue weighted by molar-refractivity contribution is 9.10. The van der Waals surface area contributed by atoms with E-state index in [-0.39, 0.29) is 0 Å². The Hall–Kier alpha value is -0.580. The number of benzene rings is 1. The number of rotatable bonds is 6. The molecular weight excluding hydrogens is 292 g/mol. The Labute approximate surface area is 117 Å². The fourth-order valence-electron chi connectivity index (χ4n) is 2.32. The van der Waals surface area contributed by atoms with Gasteiger partial charge in [-0.3, -0.25) is 0 Å². The third-order valence-electron chi connectivity index (χ3n) is 3.32. The van der Waals surface area contributed by atoms with Crippen molar-refractivity contribution >= 4 is 15.9 Å². The Morgan fingerprint density at radius 3 is 2.78 bits per heavy atom. The van der Waals surface area contributed by atoms with Crippen LogP contribution in [0.3, 0.4) is 0 Å². The Kier molecular flexibility index (Phi) is 5.47. The molecule has 1 fully saturated rings. The summed E-state index contributed by atoms with van der Waals surface area (Å²) in [5, 5.41) is 0. The van der Waals surface area contributed by atoms with E-state index in [1.54, 1.807) is 0 Å². The summed E-state index contributed by atoms with van der Waals surface area (Å²) < 4.78 is 6.86. The van der Waals surface area contributed by atoms with Gasteiger partial charge in [-0.25, -0.2) is 0 Å². The molecule has 2 rings (SSSR count). The summed E-state index contributed by atoms with van der Waals surface area (Å²) in [5.41, 5.74) is 6.77. The maximum atomic E-state index is 5.82. The van der Waals surface area contributed by atoms with Crippen molar-refractivity contribution in [1.82, 2.24) is 4.90 Å². The molecule has 0 spiro atoms. The Bertz CT molecular complexity index is 378. The van der Waals surface area contributed by atoms with Crippen LogP contribution >= 0.6 is 15.9 Å². The first-order chi connectivity index (χ1) is 8.79. The first kappa shape index (κ1) is 13.8. The van der Waals surface area contributed by atoms with Crippen molar-refractivity contribution in [3.05, 3.63) is 28.2 Å². The molecule has 0 amide bonds. The van der Waals surface area contributed by atoms with Gasteiger partial charge in [0.25, 0.3) is 0 Å². The molecule has 0 atom stereocenters. The van der Waals surface area contributed by atoms with Crippen molar-refractivity contribution in [3.8, 4) is 5.75 Å². The Morgan fingerprint density at radius 2 is 2.06 bits per heavy atom. The van der Waals surface area contributed by atoms with Crippen LogP contribution in [-0.2, 0) is 6.54 Å². The highest BCUT2D eigenvalue weighted by Gasteiger charge is 2.10. The lowest BCUT2D eigenvalue weighted by atomic mass is 10.2. The predicted molar refractivity (Wildman–Crippen MR) is 77.8 cm³/mol. The first-order valence-electron chi connectivity index (χ1n) is 6.63. The summed E-state index contributed by atoms with van der Waals surface area (Å²) in [5.74, 6) is 0.919. The van der Waals surface area contributed by atoms with Crippen LogP contribution in [0.5, 0.6) is 5.75 Å². The Morgan fingerprint density at radius 1 is 1.28 bits per heavy atom. The second-order valence-corrected chi connectivity index (χ2v) is 5.62. The van der Waals surface area contributed by atoms with Crippen molar-refractivity contribution in [3.63, 3.8) is 0 Å². The summed E-state index contributed by atoms with van der Waals surface area (Å²) in [6.45, 7) is 4.94. The SMILES string of the molecule is NCc1cc(Br)ccc1OCCCN1CCCC1. The maximum absolute atomic E-state index is 5.82. The van der Waals surface area contributed by atoms with Gasteiger partial charge in [-0.2, -0.15) is 0 Å². The molecule has 3 nitrogen and oxygen atoms in total. The molecule has 0 unspecified atom stereocenters. The first-order valence-corrected chi connectivity index (χ1v) is 7.42. The molecule has 1 saturated heterocycles. The van der Waals surface area contributed by atoms with Gasteiger partial charge in [0.2, 0.25) is 0 Å². The van der Waals surface area contributed by atoms with E-state index in [1.165, 1.54) is 25.9 Å². The lowest BCUT2D eigenvalue weighted by molar-refractivity contribution is 0.262. The van der Waals surface area contributed by atoms with Gasteiger partial charge in [0.15, 0.2) is 0 Å². The Balaban J connectivity index is 1.75. The molecule has 1 aromatic rings. The maximum Gasteiger partial charge on any atom is 0.123 e. The summed E-state index contributed by atoms with van der Waals surface area (Å²) >= 11 is 3.45. The van der Waals surface area contributed by atoms with Gasteiger partial charge < -0.3 is 15.4 Å². The fourth-order valence-corrected chi connectivity index (χ4v) is 2.73. The van der Waals surface area contributed by atoms with Crippen LogP contribution in [-0.4, -0.2) is 31.1 Å². The zero-order valence-corrected chi connectivity index (χ0v) is 12.3. The molecule has 0 saturated carbocycles. The van der Waals surface area contributed by atoms with Crippen molar-refractivity contribution in [1.29, 1.82) is 0 Å². The van der Waals surface area contributed by atoms with Crippen molar-refractivity contribution < 1.29 is 4.74 Å². The standard InChI is InChI=1S/C14H21BrN2O/c15-13-4-5-14(12(10-13)11-16)18-9-3-8-17-6-1-2-7-17/h4-5,10H,1-3,6-9,11,16H2. The van der Waals surface area contributed by atoms with Crippen LogP contribution in [0.15, 0.2) is 22.7 Å². The molecule has 0 bridgehead atoms. The van der Waals surface area contributed by atoms with E-state index in [0.717, 1.165) is 35.4 Å². The summed E-state index contributed by atoms with van der Waals surface area (Å²) in [7, 11) is 0. The quantitative estimate of drug-likeness (QED) is 0.821. The number of nitrogens with two attached hydrogens (primary N) is 1. The second-order valence-electron chi connectivity index (χ2n) is 4.71. The lowest BCUT2D eigenvalue weighted by Crippen LogP contribution is -2.22. The highest BCUT2D eigenvalue weighted by Crippen LogP contribution is 2.23. The van der Waals surface area contributed by atoms with E-state index < -0.39 is 0 Å². The number of halogens is 1. The largest absolute Gasteiger partial charge is 0.493 e. The van der Waals surface area contributed by atoms with E-state index in [0.29, 0.717) is 6.54 Å². The van der Waals surface area contributed by atoms with Crippen LogP contribution in [0, 0.1) is 0 Å². The van der Waals surface area contributed by atoms with E-state index >= 15 is 0 Å². The zero-order chi connectivity index (χ0) is 12.8. The number of likely N-dealkylation sites (tertiary alicyclic amines) is 1. The predicted octanol–water partition coefficient (Wildman–Crippen LogP) is 2.77. The minimum absolute atomic E-state index is 0.515. The molecule has 1 aromatic carbocycles. The normalized spacial score (nSPS) is 16.1. The number of nitrogens with zero attached hydrogens (tertiary/aromatic N) is 1. The third-order valence-corrected chi connectivity index (χ3v) is 3.81. The smallest absolute Gasteiger partial charge is 0.123 e. The van der Waals surface area contributed by atoms with Gasteiger partial charge in [-0.15, -0.1) is 0 Å². The molecule has 100 valence electrons. The number of hydrogen-bond donors (Lipinski definition) is 1. The van der Waals surface area contributed by atoms with Crippen LogP contribution in [0.1, 0.15) is 24.8 Å². The second kappa shape index (κ2) is 7.12. The molecule has 0 aliphatic carbocycles. The molecule has 1 heterocycles. The van der Waals surface area contributed by atoms with Gasteiger partial charge in [-0.1, -0.05) is 15.9 Å². The van der Waals surface area contributed by atoms with E-state index in [4.69, 9.17) is 10.5 Å². The van der Waals surface area contributed by atoms with Gasteiger partial charge >= 0.3 is 0 Å². The van der Waals surface area contributed by atoms with E-state index in [1.807, 2.05) is 18.2 Å². The van der Waals surface area contributed by atoms with Gasteiger partial charge in [0.1, 0.15) is 5.75 Å². The number of hydrogen-bond acceptors (Lipinski definition) is 3. The molecule has 0 radical (unpaired) electrons. The van der Waals surface area contributed by atoms with Crippen molar-refractivity contribution in [2.24, 2.45) is 5.73 Å². The molecule has 1 aliphatic heterocycles. The molecule has 2 N–H and O–H groups in total. The zero-order valence-electron chi connectivity index (χ0n) is 10.7. The third kappa shape index (κ3) is 3.97. The van der Waals surface area contributed by atoms with Crippen molar-refractivity contribution in [2.45, 2.75) is 25.8 Å². The molecule has 4 heteroatoms. The van der Waals surface area contributed by atoms with Gasteiger partial charge in [0.05, 0.1) is 6.61 Å². The van der Waals surface area contributed by atoms with E-state index in [2.05, 4.69) is 20.8 Å². The highest BCUT2D eigenvalue weighted by atomic mass is 79.9. The monoisotopic (exact) mass is 312 g/mol. The summed E-state index contributed by atoms with van der Waals surface area (Å²) in [6, 6.07) is 6.01. The average Bonchev–Trinajstić information content (AvgIpc) is 2.89. The van der Waals surface area contributed by atoms with Gasteiger partial charge in [-0.05, 0) is 50.6 Å². The lowest BCUT2D eigenvalue weighted by Gasteiger charge is -2.15. The summed E-state index contributed by atoms with van der Waals surface area (Å²) in [6.07, 6.45) is 3.79. The van der Waals surface area contributed by atoms with Crippen LogP contribution in [0.25, 0.3) is 0 Å². The molecular formula is C14H21BrN2O. The topological polar surface area (TPSA) is 38.5 Å². The summed E-state index contributed by atoms with van der Waals surface area (Å²) in [4.78, 5) is 2.51. The minimum Gasteiger partial charge on any atom is -0.493 e. The number of ether oxygens (including phenoxy) is 1. The van der Waals surface area contributed by atoms with Crippen molar-refractivity contribution in [2.75, 3.05) is 26.2 Å². The van der Waals surface area contributed by atoms with Gasteiger partial charge in [0, 0.05) is 23.1 Å². The molecule has 0 aromatic heterocycles. The minimum atomic E-state index is 0.515. The average molecular weight is 313 g/mol. The van der Waals surface area contributed by atoms with E-state index in [9.17, 15) is 0 Å². The van der Waals surface area contributed by atoms with Crippen LogP contribution in [0.4, 0.5) is 0 Å². The molecule has 1 aliphatic rings. The van der Waals surface area contributed by atoms with Crippen LogP contribution in [0.2, 0.25) is 0 Å². The fraction of sp³-hybridized carbons (Fsp3) is 0.571. The van der Waals surface area contributed by atoms with Crippen LogP contribution < -0.4 is 10.5 Å². The molecule has 18 heavy (non-hydrogen) atoms.